The van der Waals surface area contributed by atoms with E-state index in [9.17, 15) is 30.3 Å². The zero-order valence-electron chi connectivity index (χ0n) is 10.9. The number of hydrogen-bond acceptors (Lipinski definition) is 9. The number of nitro benzene ring substituents is 3. The SMILES string of the molecule is O=[N+]([O-])c1cc([N+](=O)[O-])c(OC2COCCO2)c([N+](=O)[O-])c1. The van der Waals surface area contributed by atoms with E-state index in [2.05, 4.69) is 0 Å². The maximum atomic E-state index is 11.0. The molecule has 0 radical (unpaired) electrons. The van der Waals surface area contributed by atoms with Crippen molar-refractivity contribution in [3.63, 3.8) is 0 Å². The minimum absolute atomic E-state index is 0.0781. The van der Waals surface area contributed by atoms with Gasteiger partial charge in [0.2, 0.25) is 6.29 Å². The third-order valence-electron chi connectivity index (χ3n) is 2.67. The maximum absolute atomic E-state index is 11.0. The Morgan fingerprint density at radius 1 is 1.00 bits per heavy atom. The van der Waals surface area contributed by atoms with Crippen LogP contribution in [0.4, 0.5) is 17.1 Å². The lowest BCUT2D eigenvalue weighted by Crippen LogP contribution is -2.33. The molecule has 12 nitrogen and oxygen atoms in total. The number of non-ortho nitro benzene ring substituents is 1. The van der Waals surface area contributed by atoms with E-state index in [4.69, 9.17) is 14.2 Å². The van der Waals surface area contributed by atoms with E-state index in [1.165, 1.54) is 0 Å². The van der Waals surface area contributed by atoms with Gasteiger partial charge in [-0.15, -0.1) is 0 Å². The van der Waals surface area contributed by atoms with Gasteiger partial charge in [0.05, 0.1) is 40.1 Å². The molecule has 0 bridgehead atoms. The molecular formula is C10H9N3O9. The molecule has 1 fully saturated rings. The van der Waals surface area contributed by atoms with Crippen molar-refractivity contribution >= 4 is 17.1 Å². The fourth-order valence-corrected chi connectivity index (χ4v) is 1.75. The van der Waals surface area contributed by atoms with Gasteiger partial charge in [0.15, 0.2) is 0 Å². The zero-order chi connectivity index (χ0) is 16.3. The molecule has 12 heteroatoms. The lowest BCUT2D eigenvalue weighted by atomic mass is 10.2. The van der Waals surface area contributed by atoms with Gasteiger partial charge >= 0.3 is 11.4 Å². The second kappa shape index (κ2) is 6.28. The maximum Gasteiger partial charge on any atom is 0.325 e. The lowest BCUT2D eigenvalue weighted by Gasteiger charge is -2.23. The highest BCUT2D eigenvalue weighted by atomic mass is 16.7. The van der Waals surface area contributed by atoms with E-state index in [-0.39, 0.29) is 13.2 Å². The van der Waals surface area contributed by atoms with Crippen molar-refractivity contribution in [3.8, 4) is 5.75 Å². The van der Waals surface area contributed by atoms with Gasteiger partial charge in [-0.2, -0.15) is 0 Å². The van der Waals surface area contributed by atoms with Crippen molar-refractivity contribution in [2.45, 2.75) is 6.29 Å². The van der Waals surface area contributed by atoms with Crippen molar-refractivity contribution in [1.29, 1.82) is 0 Å². The van der Waals surface area contributed by atoms with Gasteiger partial charge in [0.1, 0.15) is 6.61 Å². The highest BCUT2D eigenvalue weighted by Gasteiger charge is 2.34. The Hall–Kier alpha value is -2.86. The van der Waals surface area contributed by atoms with Crippen molar-refractivity contribution < 1.29 is 29.0 Å². The van der Waals surface area contributed by atoms with E-state index in [0.717, 1.165) is 0 Å². The van der Waals surface area contributed by atoms with E-state index < -0.39 is 43.9 Å². The summed E-state index contributed by atoms with van der Waals surface area (Å²) >= 11 is 0. The summed E-state index contributed by atoms with van der Waals surface area (Å²) in [5, 5.41) is 32.8. The molecule has 0 N–H and O–H groups in total. The van der Waals surface area contributed by atoms with Crippen LogP contribution in [0.5, 0.6) is 5.75 Å². The molecule has 0 aromatic heterocycles. The first-order valence-electron chi connectivity index (χ1n) is 5.87. The van der Waals surface area contributed by atoms with Gasteiger partial charge < -0.3 is 14.2 Å². The molecule has 1 heterocycles. The average Bonchev–Trinajstić information content (AvgIpc) is 2.47. The van der Waals surface area contributed by atoms with Crippen molar-refractivity contribution in [2.24, 2.45) is 0 Å². The number of hydrogen-bond donors (Lipinski definition) is 0. The van der Waals surface area contributed by atoms with Crippen LogP contribution in [0, 0.1) is 30.3 Å². The third-order valence-corrected chi connectivity index (χ3v) is 2.67. The molecular weight excluding hydrogens is 306 g/mol. The predicted molar refractivity (Wildman–Crippen MR) is 67.6 cm³/mol. The Morgan fingerprint density at radius 3 is 2.00 bits per heavy atom. The summed E-state index contributed by atoms with van der Waals surface area (Å²) in [6.07, 6.45) is -1.08. The summed E-state index contributed by atoms with van der Waals surface area (Å²) in [6.45, 7) is 0.370. The monoisotopic (exact) mass is 315 g/mol. The van der Waals surface area contributed by atoms with Crippen molar-refractivity contribution in [3.05, 3.63) is 42.5 Å². The highest BCUT2D eigenvalue weighted by molar-refractivity contribution is 5.65. The van der Waals surface area contributed by atoms with Gasteiger partial charge in [-0.3, -0.25) is 30.3 Å². The topological polar surface area (TPSA) is 157 Å². The first kappa shape index (κ1) is 15.5. The third kappa shape index (κ3) is 3.24. The molecule has 1 aliphatic heterocycles. The molecule has 22 heavy (non-hydrogen) atoms. The van der Waals surface area contributed by atoms with Crippen LogP contribution in [0.1, 0.15) is 0 Å². The minimum atomic E-state index is -1.08. The summed E-state index contributed by atoms with van der Waals surface area (Å²) in [7, 11) is 0. The van der Waals surface area contributed by atoms with Gasteiger partial charge in [0.25, 0.3) is 11.4 Å². The van der Waals surface area contributed by atoms with Crippen LogP contribution in [-0.4, -0.2) is 40.9 Å². The molecule has 0 saturated carbocycles. The minimum Gasteiger partial charge on any atom is -0.450 e. The summed E-state index contributed by atoms with van der Waals surface area (Å²) < 4.78 is 15.2. The number of ether oxygens (including phenoxy) is 3. The van der Waals surface area contributed by atoms with Crippen LogP contribution < -0.4 is 4.74 Å². The number of nitrogens with zero attached hydrogens (tertiary/aromatic N) is 3. The summed E-state index contributed by atoms with van der Waals surface area (Å²) in [6, 6.07) is 1.18. The van der Waals surface area contributed by atoms with Crippen LogP contribution in [0.25, 0.3) is 0 Å². The predicted octanol–water partition coefficient (Wildman–Crippen LogP) is 1.16. The van der Waals surface area contributed by atoms with Crippen LogP contribution in [0.3, 0.4) is 0 Å². The fourth-order valence-electron chi connectivity index (χ4n) is 1.75. The quantitative estimate of drug-likeness (QED) is 0.574. The second-order valence-corrected chi connectivity index (χ2v) is 4.08. The first-order valence-corrected chi connectivity index (χ1v) is 5.87. The molecule has 1 atom stereocenters. The average molecular weight is 315 g/mol. The standard InChI is InChI=1S/C10H9N3O9/c14-11(15)6-3-7(12(16)17)10(8(4-6)13(18)19)22-9-5-20-1-2-21-9/h3-4,9H,1-2,5H2. The second-order valence-electron chi connectivity index (χ2n) is 4.08. The molecule has 1 unspecified atom stereocenters. The molecule has 2 rings (SSSR count). The first-order chi connectivity index (χ1) is 10.4. The smallest absolute Gasteiger partial charge is 0.325 e. The van der Waals surface area contributed by atoms with Crippen LogP contribution in [0.15, 0.2) is 12.1 Å². The Bertz CT molecular complexity index is 591. The Balaban J connectivity index is 2.50. The normalized spacial score (nSPS) is 17.7. The van der Waals surface area contributed by atoms with Gasteiger partial charge in [-0.25, -0.2) is 0 Å². The van der Waals surface area contributed by atoms with E-state index >= 15 is 0 Å². The number of benzene rings is 1. The van der Waals surface area contributed by atoms with Crippen LogP contribution >= 0.6 is 0 Å². The summed E-state index contributed by atoms with van der Waals surface area (Å²) in [4.78, 5) is 29.8. The molecule has 1 aliphatic rings. The fraction of sp³-hybridized carbons (Fsp3) is 0.400. The van der Waals surface area contributed by atoms with Gasteiger partial charge in [-0.1, -0.05) is 0 Å². The van der Waals surface area contributed by atoms with Gasteiger partial charge in [0, 0.05) is 0 Å². The molecule has 0 amide bonds. The molecule has 0 spiro atoms. The van der Waals surface area contributed by atoms with E-state index in [1.807, 2.05) is 0 Å². The van der Waals surface area contributed by atoms with Crippen molar-refractivity contribution in [2.75, 3.05) is 19.8 Å². The van der Waals surface area contributed by atoms with E-state index in [0.29, 0.717) is 18.7 Å². The molecule has 0 aliphatic carbocycles. The molecule has 118 valence electrons. The Labute approximate surface area is 121 Å². The number of rotatable bonds is 5. The van der Waals surface area contributed by atoms with Gasteiger partial charge in [-0.05, 0) is 0 Å². The Morgan fingerprint density at radius 2 is 1.59 bits per heavy atom. The Kier molecular flexibility index (Phi) is 4.43. The largest absolute Gasteiger partial charge is 0.450 e. The lowest BCUT2D eigenvalue weighted by molar-refractivity contribution is -0.405. The summed E-state index contributed by atoms with van der Waals surface area (Å²) in [5.41, 5.74) is -2.57. The van der Waals surface area contributed by atoms with Crippen molar-refractivity contribution in [1.82, 2.24) is 0 Å². The van der Waals surface area contributed by atoms with Crippen LogP contribution in [0.2, 0.25) is 0 Å². The van der Waals surface area contributed by atoms with E-state index in [1.54, 1.807) is 0 Å². The summed E-state index contributed by atoms with van der Waals surface area (Å²) in [5.74, 6) is -0.712. The molecule has 1 aromatic rings. The molecule has 1 aromatic carbocycles. The number of nitro groups is 3. The van der Waals surface area contributed by atoms with Crippen LogP contribution in [-0.2, 0) is 9.47 Å². The zero-order valence-corrected chi connectivity index (χ0v) is 10.9. The highest BCUT2D eigenvalue weighted by Crippen LogP contribution is 2.41. The molecule has 1 saturated heterocycles.